The minimum atomic E-state index is 0.722. The highest BCUT2D eigenvalue weighted by molar-refractivity contribution is 5.92. The van der Waals surface area contributed by atoms with Gasteiger partial charge in [-0.2, -0.15) is 10.2 Å². The first-order valence-corrected chi connectivity index (χ1v) is 8.70. The predicted octanol–water partition coefficient (Wildman–Crippen LogP) is 4.14. The second-order valence-electron chi connectivity index (χ2n) is 6.50. The van der Waals surface area contributed by atoms with Crippen molar-refractivity contribution in [1.29, 1.82) is 0 Å². The van der Waals surface area contributed by atoms with Crippen LogP contribution >= 0.6 is 0 Å². The second-order valence-corrected chi connectivity index (χ2v) is 6.50. The van der Waals surface area contributed by atoms with E-state index in [0.29, 0.717) is 0 Å². The largest absolute Gasteiger partial charge is 0.454 e. The van der Waals surface area contributed by atoms with Crippen LogP contribution < -0.4 is 0 Å². The topological polar surface area (TPSA) is 61.7 Å². The molecule has 0 N–H and O–H groups in total. The van der Waals surface area contributed by atoms with Crippen molar-refractivity contribution < 1.29 is 4.42 Å². The van der Waals surface area contributed by atoms with Crippen molar-refractivity contribution in [3.05, 3.63) is 79.0 Å². The van der Waals surface area contributed by atoms with E-state index in [9.17, 15) is 0 Å². The smallest absolute Gasteiger partial charge is 0.161 e. The number of furan rings is 1. The van der Waals surface area contributed by atoms with Crippen LogP contribution in [0.3, 0.4) is 0 Å². The fraction of sp³-hybridized carbons (Fsp3) is 0.0952. The van der Waals surface area contributed by atoms with Crippen LogP contribution in [0.4, 0.5) is 0 Å². The minimum absolute atomic E-state index is 0.722. The van der Waals surface area contributed by atoms with Crippen LogP contribution in [-0.4, -0.2) is 24.5 Å². The van der Waals surface area contributed by atoms with Gasteiger partial charge >= 0.3 is 0 Å². The summed E-state index contributed by atoms with van der Waals surface area (Å²) in [7, 11) is 1.90. The fourth-order valence-electron chi connectivity index (χ4n) is 3.22. The normalized spacial score (nSPS) is 11.3. The Morgan fingerprint density at radius 3 is 2.63 bits per heavy atom. The average Bonchev–Trinajstić information content (AvgIpc) is 3.41. The third kappa shape index (κ3) is 2.91. The lowest BCUT2D eigenvalue weighted by Crippen LogP contribution is -1.98. The predicted molar refractivity (Wildman–Crippen MR) is 103 cm³/mol. The van der Waals surface area contributed by atoms with Crippen LogP contribution in [0.15, 0.2) is 77.9 Å². The molecule has 0 saturated carbocycles. The van der Waals surface area contributed by atoms with Crippen molar-refractivity contribution in [2.45, 2.75) is 6.54 Å². The summed E-state index contributed by atoms with van der Waals surface area (Å²) in [6, 6.07) is 14.2. The number of fused-ring (bicyclic) bond motifs is 1. The Labute approximate surface area is 155 Å². The lowest BCUT2D eigenvalue weighted by molar-refractivity contribution is 0.631. The molecule has 0 unspecified atom stereocenters. The Bertz CT molecular complexity index is 1220. The molecule has 0 aliphatic rings. The quantitative estimate of drug-likeness (QED) is 0.486. The molecule has 0 aliphatic heterocycles. The summed E-state index contributed by atoms with van der Waals surface area (Å²) < 4.78 is 9.85. The SMILES string of the molecule is Cn1cc(-c2ccnc3cc(-c4cnn(Cc5ccccc5)c4)oc23)cn1. The molecule has 0 radical (unpaired) electrons. The van der Waals surface area contributed by atoms with Crippen LogP contribution in [-0.2, 0) is 13.6 Å². The molecule has 5 rings (SSSR count). The molecule has 6 nitrogen and oxygen atoms in total. The molecular weight excluding hydrogens is 338 g/mol. The first-order chi connectivity index (χ1) is 13.3. The van der Waals surface area contributed by atoms with E-state index in [1.54, 1.807) is 10.9 Å². The molecule has 0 bridgehead atoms. The standard InChI is InChI=1S/C21H17N5O/c1-25-13-16(10-23-25)18-7-8-22-19-9-20(27-21(18)19)17-11-24-26(14-17)12-15-5-3-2-4-6-15/h2-11,13-14H,12H2,1H3. The molecule has 0 amide bonds. The van der Waals surface area contributed by atoms with Crippen molar-refractivity contribution in [3.8, 4) is 22.5 Å². The Morgan fingerprint density at radius 1 is 0.963 bits per heavy atom. The van der Waals surface area contributed by atoms with E-state index in [1.165, 1.54) is 5.56 Å². The van der Waals surface area contributed by atoms with E-state index in [4.69, 9.17) is 4.42 Å². The van der Waals surface area contributed by atoms with Gasteiger partial charge in [-0.05, 0) is 11.6 Å². The molecule has 0 saturated heterocycles. The first kappa shape index (κ1) is 15.6. The molecule has 4 heterocycles. The number of aromatic nitrogens is 5. The van der Waals surface area contributed by atoms with Crippen molar-refractivity contribution in [2.75, 3.05) is 0 Å². The summed E-state index contributed by atoms with van der Waals surface area (Å²) in [6.07, 6.45) is 9.41. The molecule has 0 spiro atoms. The monoisotopic (exact) mass is 355 g/mol. The number of hydrogen-bond donors (Lipinski definition) is 0. The van der Waals surface area contributed by atoms with Gasteiger partial charge in [0.1, 0.15) is 11.3 Å². The minimum Gasteiger partial charge on any atom is -0.454 e. The van der Waals surface area contributed by atoms with E-state index >= 15 is 0 Å². The van der Waals surface area contributed by atoms with Gasteiger partial charge in [0.2, 0.25) is 0 Å². The van der Waals surface area contributed by atoms with Gasteiger partial charge in [-0.3, -0.25) is 14.3 Å². The van der Waals surface area contributed by atoms with Crippen LogP contribution in [0.5, 0.6) is 0 Å². The zero-order valence-electron chi connectivity index (χ0n) is 14.8. The first-order valence-electron chi connectivity index (χ1n) is 8.70. The summed E-state index contributed by atoms with van der Waals surface area (Å²) in [6.45, 7) is 0.722. The molecule has 132 valence electrons. The fourth-order valence-corrected chi connectivity index (χ4v) is 3.22. The van der Waals surface area contributed by atoms with Crippen LogP contribution in [0.1, 0.15) is 5.56 Å². The zero-order valence-corrected chi connectivity index (χ0v) is 14.8. The number of aryl methyl sites for hydroxylation is 1. The molecule has 5 aromatic rings. The summed E-state index contributed by atoms with van der Waals surface area (Å²) in [4.78, 5) is 4.45. The van der Waals surface area contributed by atoms with E-state index in [1.807, 2.05) is 66.8 Å². The summed E-state index contributed by atoms with van der Waals surface area (Å²) >= 11 is 0. The van der Waals surface area contributed by atoms with Gasteiger partial charge < -0.3 is 4.42 Å². The van der Waals surface area contributed by atoms with Crippen molar-refractivity contribution in [2.24, 2.45) is 7.05 Å². The Morgan fingerprint density at radius 2 is 1.81 bits per heavy atom. The lowest BCUT2D eigenvalue weighted by Gasteiger charge is -2.00. The zero-order chi connectivity index (χ0) is 18.2. The van der Waals surface area contributed by atoms with Gasteiger partial charge in [0.05, 0.1) is 24.5 Å². The Hall–Kier alpha value is -3.67. The van der Waals surface area contributed by atoms with Crippen LogP contribution in [0, 0.1) is 0 Å². The number of nitrogens with zero attached hydrogens (tertiary/aromatic N) is 5. The van der Waals surface area contributed by atoms with E-state index in [0.717, 1.165) is 40.1 Å². The summed E-state index contributed by atoms with van der Waals surface area (Å²) in [5.74, 6) is 0.758. The van der Waals surface area contributed by atoms with Crippen LogP contribution in [0.2, 0.25) is 0 Å². The van der Waals surface area contributed by atoms with Gasteiger partial charge in [-0.25, -0.2) is 0 Å². The molecule has 0 aliphatic carbocycles. The van der Waals surface area contributed by atoms with Gasteiger partial charge in [-0.15, -0.1) is 0 Å². The van der Waals surface area contributed by atoms with Crippen LogP contribution in [0.25, 0.3) is 33.6 Å². The molecule has 1 aromatic carbocycles. The Balaban J connectivity index is 1.51. The maximum absolute atomic E-state index is 6.16. The van der Waals surface area contributed by atoms with Gasteiger partial charge in [0.15, 0.2) is 5.58 Å². The van der Waals surface area contributed by atoms with Crippen molar-refractivity contribution >= 4 is 11.1 Å². The van der Waals surface area contributed by atoms with E-state index in [-0.39, 0.29) is 0 Å². The molecule has 0 fully saturated rings. The maximum atomic E-state index is 6.16. The van der Waals surface area contributed by atoms with Gasteiger partial charge in [-0.1, -0.05) is 30.3 Å². The second kappa shape index (κ2) is 6.25. The third-order valence-electron chi connectivity index (χ3n) is 4.53. The number of rotatable bonds is 4. The van der Waals surface area contributed by atoms with Crippen molar-refractivity contribution in [1.82, 2.24) is 24.5 Å². The molecular formula is C21H17N5O. The highest BCUT2D eigenvalue weighted by atomic mass is 16.3. The van der Waals surface area contributed by atoms with E-state index in [2.05, 4.69) is 27.3 Å². The maximum Gasteiger partial charge on any atom is 0.161 e. The van der Waals surface area contributed by atoms with E-state index < -0.39 is 0 Å². The Kier molecular flexibility index (Phi) is 3.60. The molecule has 0 atom stereocenters. The molecule has 6 heteroatoms. The molecule has 27 heavy (non-hydrogen) atoms. The highest BCUT2D eigenvalue weighted by Gasteiger charge is 2.14. The number of benzene rings is 1. The number of hydrogen-bond acceptors (Lipinski definition) is 4. The highest BCUT2D eigenvalue weighted by Crippen LogP contribution is 2.33. The lowest BCUT2D eigenvalue weighted by atomic mass is 10.1. The molecule has 4 aromatic heterocycles. The summed E-state index contributed by atoms with van der Waals surface area (Å²) in [5.41, 5.74) is 5.71. The van der Waals surface area contributed by atoms with Gasteiger partial charge in [0, 0.05) is 42.8 Å². The number of pyridine rings is 1. The average molecular weight is 355 g/mol. The van der Waals surface area contributed by atoms with Gasteiger partial charge in [0.25, 0.3) is 0 Å². The van der Waals surface area contributed by atoms with Crippen molar-refractivity contribution in [3.63, 3.8) is 0 Å². The summed E-state index contributed by atoms with van der Waals surface area (Å²) in [5, 5.41) is 8.71. The third-order valence-corrected chi connectivity index (χ3v) is 4.53.